The molecule has 4 aromatic rings. The third kappa shape index (κ3) is 15.9. The first-order valence-corrected chi connectivity index (χ1v) is 20.5. The number of nitrogens with zero attached hydrogens (tertiary/aromatic N) is 7. The average molecular weight is 890 g/mol. The zero-order chi connectivity index (χ0) is 45.7. The number of carbonyl (C=O) groups is 6. The maximum Gasteiger partial charge on any atom is 0.326 e. The molecule has 0 saturated carbocycles. The molecule has 8 N–H and O–H groups in total. The van der Waals surface area contributed by atoms with Crippen LogP contribution in [0.25, 0.3) is 11.2 Å². The van der Waals surface area contributed by atoms with Gasteiger partial charge >= 0.3 is 5.97 Å². The minimum atomic E-state index is -1.27. The number of unbranched alkanes of at least 4 members (excludes halogenated alkanes) is 1. The van der Waals surface area contributed by atoms with Crippen LogP contribution in [0.1, 0.15) is 53.8 Å². The molecule has 24 nitrogen and oxygen atoms in total. The van der Waals surface area contributed by atoms with E-state index in [4.69, 9.17) is 19.9 Å². The van der Waals surface area contributed by atoms with Crippen molar-refractivity contribution in [3.05, 3.63) is 76.1 Å². The van der Waals surface area contributed by atoms with Crippen molar-refractivity contribution in [2.45, 2.75) is 57.7 Å². The topological polar surface area (TPSA) is 330 Å². The summed E-state index contributed by atoms with van der Waals surface area (Å²) < 4.78 is 18.2. The molecule has 64 heavy (non-hydrogen) atoms. The second-order valence-corrected chi connectivity index (χ2v) is 14.2. The van der Waals surface area contributed by atoms with E-state index in [1.165, 1.54) is 30.5 Å². The Morgan fingerprint density at radius 3 is 2.23 bits per heavy atom. The lowest BCUT2D eigenvalue weighted by molar-refractivity contribution is -0.140. The van der Waals surface area contributed by atoms with Gasteiger partial charge < -0.3 is 46.3 Å². The molecule has 0 bridgehead atoms. The largest absolute Gasteiger partial charge is 0.480 e. The van der Waals surface area contributed by atoms with Crippen LogP contribution in [-0.2, 0) is 57.7 Å². The molecular formula is C40H51N13O11. The number of nitrogens with two attached hydrogens (primary N) is 1. The predicted octanol–water partition coefficient (Wildman–Crippen LogP) is -0.918. The number of carboxylic acids is 1. The number of hydrogen-bond donors (Lipinski definition) is 7. The summed E-state index contributed by atoms with van der Waals surface area (Å²) in [7, 11) is 0. The van der Waals surface area contributed by atoms with Crippen LogP contribution in [0.4, 0.5) is 11.6 Å². The highest BCUT2D eigenvalue weighted by atomic mass is 16.5. The first kappa shape index (κ1) is 47.9. The summed E-state index contributed by atoms with van der Waals surface area (Å²) in [5, 5.41) is 29.0. The Hall–Kier alpha value is -7.18. The third-order valence-corrected chi connectivity index (χ3v) is 9.38. The quantitative estimate of drug-likeness (QED) is 0.0256. The van der Waals surface area contributed by atoms with Gasteiger partial charge in [-0.25, -0.2) is 19.4 Å². The number of H-pyrrole nitrogens is 1. The van der Waals surface area contributed by atoms with Gasteiger partial charge in [-0.15, -0.1) is 5.10 Å². The zero-order valence-corrected chi connectivity index (χ0v) is 35.0. The maximum atomic E-state index is 12.8. The molecular weight excluding hydrogens is 839 g/mol. The summed E-state index contributed by atoms with van der Waals surface area (Å²) in [6, 6.07) is 5.03. The van der Waals surface area contributed by atoms with Crippen molar-refractivity contribution in [3.8, 4) is 0 Å². The van der Waals surface area contributed by atoms with Gasteiger partial charge in [-0.2, -0.15) is 4.98 Å². The first-order valence-electron chi connectivity index (χ1n) is 20.5. The number of nitrogens with one attached hydrogen (secondary N) is 5. The highest BCUT2D eigenvalue weighted by molar-refractivity contribution is 6.13. The van der Waals surface area contributed by atoms with E-state index in [0.717, 1.165) is 17.0 Å². The highest BCUT2D eigenvalue weighted by Crippen LogP contribution is 2.13. The number of aryl methyl sites for hydroxylation is 1. The van der Waals surface area contributed by atoms with Gasteiger partial charge in [0.05, 0.1) is 70.3 Å². The molecule has 5 amide bonds. The van der Waals surface area contributed by atoms with Crippen molar-refractivity contribution in [1.82, 2.24) is 55.8 Å². The molecule has 1 aromatic carbocycles. The van der Waals surface area contributed by atoms with E-state index in [0.29, 0.717) is 83.5 Å². The average Bonchev–Trinajstić information content (AvgIpc) is 3.87. The minimum absolute atomic E-state index is 0.0236. The van der Waals surface area contributed by atoms with Gasteiger partial charge in [0.25, 0.3) is 23.3 Å². The van der Waals surface area contributed by atoms with Crippen LogP contribution in [0.5, 0.6) is 0 Å². The number of anilines is 2. The van der Waals surface area contributed by atoms with Crippen LogP contribution >= 0.6 is 0 Å². The van der Waals surface area contributed by atoms with Gasteiger partial charge in [0, 0.05) is 62.1 Å². The van der Waals surface area contributed by atoms with Crippen molar-refractivity contribution in [1.29, 1.82) is 0 Å². The van der Waals surface area contributed by atoms with Crippen molar-refractivity contribution in [3.63, 3.8) is 0 Å². The molecule has 0 fully saturated rings. The van der Waals surface area contributed by atoms with Crippen molar-refractivity contribution in [2.75, 3.05) is 70.3 Å². The van der Waals surface area contributed by atoms with Crippen molar-refractivity contribution < 1.29 is 48.1 Å². The third-order valence-electron chi connectivity index (χ3n) is 9.38. The molecule has 0 radical (unpaired) electrons. The van der Waals surface area contributed by atoms with Gasteiger partial charge in [0.2, 0.25) is 17.8 Å². The fraction of sp³-hybridized carbons (Fsp3) is 0.450. The Kier molecular flexibility index (Phi) is 18.7. The molecule has 342 valence electrons. The maximum absolute atomic E-state index is 12.8. The lowest BCUT2D eigenvalue weighted by atomic mass is 10.1. The molecule has 1 atom stereocenters. The number of imide groups is 1. The van der Waals surface area contributed by atoms with Gasteiger partial charge in [-0.05, 0) is 49.9 Å². The fourth-order valence-electron chi connectivity index (χ4n) is 5.99. The van der Waals surface area contributed by atoms with E-state index in [1.807, 2.05) is 6.20 Å². The Balaban J connectivity index is 0.843. The first-order chi connectivity index (χ1) is 30.9. The summed E-state index contributed by atoms with van der Waals surface area (Å²) in [6.07, 6.45) is 7.54. The van der Waals surface area contributed by atoms with E-state index in [-0.39, 0.29) is 66.8 Å². The van der Waals surface area contributed by atoms with Crippen LogP contribution in [0.3, 0.4) is 0 Å². The number of fused-ring (bicyclic) bond motifs is 1. The summed E-state index contributed by atoms with van der Waals surface area (Å²) in [5.74, 6) is -3.37. The molecule has 0 saturated heterocycles. The number of aromatic nitrogens is 7. The Bertz CT molecular complexity index is 2300. The van der Waals surface area contributed by atoms with E-state index in [1.54, 1.807) is 16.8 Å². The SMILES string of the molecule is Nc1nc2ncc(CNc3ccc(C(=O)N[C@@H](CCC(=O)NCCCCc4cn(CCOCCOCCOCCNC(=O)CCN5C(=O)C=CC5=O)nn4)C(=O)O)cc3)nc2c(=O)[nH]1. The van der Waals surface area contributed by atoms with E-state index < -0.39 is 35.3 Å². The summed E-state index contributed by atoms with van der Waals surface area (Å²) in [4.78, 5) is 99.8. The smallest absolute Gasteiger partial charge is 0.326 e. The van der Waals surface area contributed by atoms with Crippen LogP contribution in [0, 0.1) is 0 Å². The van der Waals surface area contributed by atoms with Crippen LogP contribution < -0.4 is 32.6 Å². The molecule has 24 heteroatoms. The number of hydrogen-bond acceptors (Lipinski definition) is 17. The standard InChI is InChI=1S/C40H51N13O11/c41-40-48-36-35(38(59)49-40)46-29(24-45-36)23-44-27-6-4-26(5-7-27)37(58)47-30(39(60)61)8-9-31(54)42-13-2-1-3-28-25-52(51-50-28)16-18-63-20-22-64-21-19-62-17-14-43-32(55)12-15-53-33(56)10-11-34(53)57/h4-7,10-11,24-25,30,44H,1-3,8-9,12-23H2,(H,42,54)(H,43,55)(H,47,58)(H,60,61)(H3,41,45,48,49,59)/t30-/m0/s1. The lowest BCUT2D eigenvalue weighted by Gasteiger charge is -2.15. The molecule has 1 aliphatic rings. The molecule has 5 rings (SSSR count). The van der Waals surface area contributed by atoms with Gasteiger partial charge in [-0.1, -0.05) is 5.21 Å². The van der Waals surface area contributed by atoms with Crippen molar-refractivity contribution in [2.24, 2.45) is 0 Å². The summed E-state index contributed by atoms with van der Waals surface area (Å²) >= 11 is 0. The van der Waals surface area contributed by atoms with E-state index >= 15 is 0 Å². The molecule has 0 aliphatic carbocycles. The predicted molar refractivity (Wildman–Crippen MR) is 226 cm³/mol. The monoisotopic (exact) mass is 889 g/mol. The number of aliphatic carboxylic acids is 1. The van der Waals surface area contributed by atoms with Gasteiger partial charge in [0.15, 0.2) is 11.2 Å². The fourth-order valence-corrected chi connectivity index (χ4v) is 5.99. The number of carbonyl (C=O) groups excluding carboxylic acids is 5. The number of rotatable bonds is 29. The second kappa shape index (κ2) is 25.1. The highest BCUT2D eigenvalue weighted by Gasteiger charge is 2.24. The number of ether oxygens (including phenoxy) is 3. The van der Waals surface area contributed by atoms with Crippen molar-refractivity contribution >= 4 is 58.3 Å². The van der Waals surface area contributed by atoms with Crippen LogP contribution in [-0.4, -0.2) is 146 Å². The second-order valence-electron chi connectivity index (χ2n) is 14.2. The van der Waals surface area contributed by atoms with Gasteiger partial charge in [-0.3, -0.25) is 38.7 Å². The zero-order valence-electron chi connectivity index (χ0n) is 35.0. The minimum Gasteiger partial charge on any atom is -0.480 e. The summed E-state index contributed by atoms with van der Waals surface area (Å²) in [5.41, 5.74) is 7.33. The van der Waals surface area contributed by atoms with E-state index in [2.05, 4.69) is 51.5 Å². The molecule has 3 aromatic heterocycles. The number of nitrogen functional groups attached to an aromatic ring is 1. The molecule has 4 heterocycles. The lowest BCUT2D eigenvalue weighted by Crippen LogP contribution is -2.41. The Morgan fingerprint density at radius 1 is 0.812 bits per heavy atom. The number of aromatic amines is 1. The Morgan fingerprint density at radius 2 is 1.50 bits per heavy atom. The Labute approximate surface area is 365 Å². The van der Waals surface area contributed by atoms with E-state index in [9.17, 15) is 38.7 Å². The number of amides is 5. The van der Waals surface area contributed by atoms with Gasteiger partial charge in [0.1, 0.15) is 6.04 Å². The molecule has 0 unspecified atom stereocenters. The molecule has 1 aliphatic heterocycles. The summed E-state index contributed by atoms with van der Waals surface area (Å²) in [6.45, 7) is 3.61. The normalized spacial score (nSPS) is 12.7. The van der Waals surface area contributed by atoms with Crippen LogP contribution in [0.2, 0.25) is 0 Å². The number of benzene rings is 1. The van der Waals surface area contributed by atoms with Crippen LogP contribution in [0.15, 0.2) is 53.6 Å². The number of carboxylic acid groups (broad SMARTS) is 1. The molecule has 0 spiro atoms.